The molecule has 0 spiro atoms. The van der Waals surface area contributed by atoms with Gasteiger partial charge in [0.2, 0.25) is 12.3 Å². The Kier molecular flexibility index (Phi) is 4.62. The van der Waals surface area contributed by atoms with E-state index in [1.54, 1.807) is 0 Å². The number of hydrogen-bond donors (Lipinski definition) is 1. The van der Waals surface area contributed by atoms with Gasteiger partial charge in [-0.15, -0.1) is 10.2 Å². The number of hydrogen-bond acceptors (Lipinski definition) is 5. The highest BCUT2D eigenvalue weighted by atomic mass is 19.4. The summed E-state index contributed by atoms with van der Waals surface area (Å²) in [6.45, 7) is 2.06. The zero-order valence-corrected chi connectivity index (χ0v) is 13.0. The van der Waals surface area contributed by atoms with Crippen LogP contribution in [-0.2, 0) is 12.7 Å². The molecule has 25 heavy (non-hydrogen) atoms. The maximum absolute atomic E-state index is 13.0. The van der Waals surface area contributed by atoms with E-state index in [4.69, 9.17) is 9.52 Å². The zero-order chi connectivity index (χ0) is 18.0. The van der Waals surface area contributed by atoms with Crippen LogP contribution in [0.3, 0.4) is 0 Å². The Hall–Kier alpha value is -2.62. The molecule has 1 aromatic heterocycles. The molecular formula is C15H15F3N4O3. The smallest absolute Gasteiger partial charge is 0.416 e. The summed E-state index contributed by atoms with van der Waals surface area (Å²) in [5.41, 5.74) is 0.0501. The van der Waals surface area contributed by atoms with Crippen LogP contribution in [0.15, 0.2) is 29.0 Å². The van der Waals surface area contributed by atoms with Gasteiger partial charge in [-0.25, -0.2) is 4.79 Å². The topological polar surface area (TPSA) is 82.7 Å². The molecule has 0 aliphatic carbocycles. The van der Waals surface area contributed by atoms with E-state index in [2.05, 4.69) is 10.2 Å². The van der Waals surface area contributed by atoms with Crippen molar-refractivity contribution in [3.05, 3.63) is 35.7 Å². The number of alkyl halides is 3. The summed E-state index contributed by atoms with van der Waals surface area (Å²) in [6.07, 6.45) is -4.38. The Bertz CT molecular complexity index is 741. The largest absolute Gasteiger partial charge is 0.465 e. The van der Waals surface area contributed by atoms with Crippen LogP contribution in [0, 0.1) is 0 Å². The molecule has 3 rings (SSSR count). The van der Waals surface area contributed by atoms with E-state index in [-0.39, 0.29) is 11.5 Å². The Balaban J connectivity index is 1.83. The summed E-state index contributed by atoms with van der Waals surface area (Å²) in [5.74, 6) is 0.0188. The molecule has 134 valence electrons. The van der Waals surface area contributed by atoms with Gasteiger partial charge >= 0.3 is 12.3 Å². The molecule has 1 N–H and O–H groups in total. The van der Waals surface area contributed by atoms with Crippen LogP contribution in [0.2, 0.25) is 0 Å². The van der Waals surface area contributed by atoms with Gasteiger partial charge < -0.3 is 14.4 Å². The average molecular weight is 356 g/mol. The molecule has 0 unspecified atom stereocenters. The second-order valence-electron chi connectivity index (χ2n) is 5.66. The van der Waals surface area contributed by atoms with Gasteiger partial charge in [-0.1, -0.05) is 6.07 Å². The molecule has 1 aromatic carbocycles. The van der Waals surface area contributed by atoms with Crippen molar-refractivity contribution < 1.29 is 27.5 Å². The van der Waals surface area contributed by atoms with E-state index in [0.717, 1.165) is 18.5 Å². The first kappa shape index (κ1) is 17.2. The molecule has 1 fully saturated rings. The minimum Gasteiger partial charge on any atom is -0.465 e. The van der Waals surface area contributed by atoms with Gasteiger partial charge in [0.25, 0.3) is 0 Å². The lowest BCUT2D eigenvalue weighted by Crippen LogP contribution is -2.47. The summed E-state index contributed by atoms with van der Waals surface area (Å²) in [6, 6.07) is 3.41. The molecule has 0 bridgehead atoms. The molecule has 0 atom stereocenters. The van der Waals surface area contributed by atoms with Crippen molar-refractivity contribution in [2.45, 2.75) is 12.7 Å². The minimum atomic E-state index is -4.47. The van der Waals surface area contributed by atoms with Crippen LogP contribution in [-0.4, -0.2) is 57.4 Å². The Labute approximate surface area is 140 Å². The second kappa shape index (κ2) is 6.71. The number of aromatic nitrogens is 2. The third-order valence-corrected chi connectivity index (χ3v) is 4.06. The summed E-state index contributed by atoms with van der Waals surface area (Å²) < 4.78 is 44.0. The molecule has 7 nitrogen and oxygen atoms in total. The van der Waals surface area contributed by atoms with Crippen LogP contribution in [0.5, 0.6) is 0 Å². The number of carboxylic acid groups (broad SMARTS) is 1. The van der Waals surface area contributed by atoms with Crippen LogP contribution < -0.4 is 0 Å². The average Bonchev–Trinajstić information content (AvgIpc) is 3.09. The number of rotatable bonds is 3. The van der Waals surface area contributed by atoms with Crippen molar-refractivity contribution in [1.82, 2.24) is 20.0 Å². The maximum atomic E-state index is 13.0. The van der Waals surface area contributed by atoms with Gasteiger partial charge in [-0.2, -0.15) is 13.2 Å². The lowest BCUT2D eigenvalue weighted by Gasteiger charge is -2.33. The standard InChI is InChI=1S/C15H15F3N4O3/c16-15(17,18)11-2-1-10(12(7-11)13-20-19-9-25-13)8-21-3-5-22(6-4-21)14(23)24/h1-2,7,9H,3-6,8H2,(H,23,24). The van der Waals surface area contributed by atoms with Gasteiger partial charge in [0.1, 0.15) is 0 Å². The predicted octanol–water partition coefficient (Wildman–Crippen LogP) is 2.55. The highest BCUT2D eigenvalue weighted by Gasteiger charge is 2.32. The molecule has 10 heteroatoms. The van der Waals surface area contributed by atoms with Crippen LogP contribution in [0.25, 0.3) is 11.5 Å². The summed E-state index contributed by atoms with van der Waals surface area (Å²) in [4.78, 5) is 14.2. The Morgan fingerprint density at radius 2 is 1.96 bits per heavy atom. The summed E-state index contributed by atoms with van der Waals surface area (Å²) in [7, 11) is 0. The molecular weight excluding hydrogens is 341 g/mol. The first-order valence-corrected chi connectivity index (χ1v) is 7.51. The quantitative estimate of drug-likeness (QED) is 0.910. The van der Waals surface area contributed by atoms with E-state index >= 15 is 0 Å². The number of carbonyl (C=O) groups is 1. The highest BCUT2D eigenvalue weighted by Crippen LogP contribution is 2.34. The highest BCUT2D eigenvalue weighted by molar-refractivity contribution is 5.65. The third kappa shape index (κ3) is 3.90. The monoisotopic (exact) mass is 356 g/mol. The molecule has 2 aromatic rings. The van der Waals surface area contributed by atoms with Crippen molar-refractivity contribution in [2.75, 3.05) is 26.2 Å². The third-order valence-electron chi connectivity index (χ3n) is 4.06. The molecule has 1 aliphatic rings. The normalized spacial score (nSPS) is 16.2. The summed E-state index contributed by atoms with van der Waals surface area (Å²) >= 11 is 0. The molecule has 0 radical (unpaired) electrons. The van der Waals surface area contributed by atoms with Gasteiger partial charge in [-0.05, 0) is 17.7 Å². The number of benzene rings is 1. The van der Waals surface area contributed by atoms with E-state index in [1.165, 1.54) is 11.0 Å². The van der Waals surface area contributed by atoms with E-state index in [0.29, 0.717) is 38.3 Å². The first-order valence-electron chi connectivity index (χ1n) is 7.51. The van der Waals surface area contributed by atoms with Crippen molar-refractivity contribution in [3.63, 3.8) is 0 Å². The van der Waals surface area contributed by atoms with Crippen molar-refractivity contribution in [2.24, 2.45) is 0 Å². The molecule has 1 saturated heterocycles. The number of nitrogens with zero attached hydrogens (tertiary/aromatic N) is 4. The number of amides is 1. The van der Waals surface area contributed by atoms with E-state index in [1.807, 2.05) is 4.90 Å². The number of piperazine rings is 1. The van der Waals surface area contributed by atoms with Crippen LogP contribution in [0.4, 0.5) is 18.0 Å². The van der Waals surface area contributed by atoms with Crippen LogP contribution in [0.1, 0.15) is 11.1 Å². The fourth-order valence-corrected chi connectivity index (χ4v) is 2.72. The van der Waals surface area contributed by atoms with Crippen molar-refractivity contribution >= 4 is 6.09 Å². The zero-order valence-electron chi connectivity index (χ0n) is 13.0. The number of halogens is 3. The predicted molar refractivity (Wildman–Crippen MR) is 79.6 cm³/mol. The molecule has 2 heterocycles. The van der Waals surface area contributed by atoms with Crippen molar-refractivity contribution in [3.8, 4) is 11.5 Å². The fraction of sp³-hybridized carbons (Fsp3) is 0.400. The molecule has 0 saturated carbocycles. The molecule has 1 amide bonds. The van der Waals surface area contributed by atoms with Crippen LogP contribution >= 0.6 is 0 Å². The van der Waals surface area contributed by atoms with Gasteiger partial charge in [-0.3, -0.25) is 4.90 Å². The van der Waals surface area contributed by atoms with Gasteiger partial charge in [0.15, 0.2) is 0 Å². The van der Waals surface area contributed by atoms with Gasteiger partial charge in [0, 0.05) is 38.3 Å². The lowest BCUT2D eigenvalue weighted by molar-refractivity contribution is -0.137. The minimum absolute atomic E-state index is 0.0188. The summed E-state index contributed by atoms with van der Waals surface area (Å²) in [5, 5.41) is 16.2. The first-order chi connectivity index (χ1) is 11.8. The second-order valence-corrected chi connectivity index (χ2v) is 5.66. The van der Waals surface area contributed by atoms with E-state index < -0.39 is 17.8 Å². The lowest BCUT2D eigenvalue weighted by atomic mass is 10.0. The van der Waals surface area contributed by atoms with E-state index in [9.17, 15) is 18.0 Å². The Morgan fingerprint density at radius 3 is 2.52 bits per heavy atom. The fourth-order valence-electron chi connectivity index (χ4n) is 2.72. The molecule has 1 aliphatic heterocycles. The SMILES string of the molecule is O=C(O)N1CCN(Cc2ccc(C(F)(F)F)cc2-c2nnco2)CC1. The van der Waals surface area contributed by atoms with Gasteiger partial charge in [0.05, 0.1) is 5.56 Å². The van der Waals surface area contributed by atoms with Crippen molar-refractivity contribution in [1.29, 1.82) is 0 Å². The Morgan fingerprint density at radius 1 is 1.24 bits per heavy atom. The maximum Gasteiger partial charge on any atom is 0.416 e.